The number of nitrogens with zero attached hydrogens (tertiary/aromatic N) is 1. The van der Waals surface area contributed by atoms with Crippen molar-refractivity contribution in [2.75, 3.05) is 20.3 Å². The summed E-state index contributed by atoms with van der Waals surface area (Å²) in [5.74, 6) is -2.55. The Morgan fingerprint density at radius 2 is 1.89 bits per heavy atom. The average molecular weight is 371 g/mol. The molecule has 0 radical (unpaired) electrons. The van der Waals surface area contributed by atoms with Crippen LogP contribution in [-0.4, -0.2) is 47.1 Å². The van der Waals surface area contributed by atoms with Gasteiger partial charge in [-0.3, -0.25) is 9.59 Å². The number of ether oxygens (including phenoxy) is 1. The molecule has 1 unspecified atom stereocenters. The maximum atomic E-state index is 13.2. The Morgan fingerprint density at radius 1 is 1.19 bits per heavy atom. The maximum absolute atomic E-state index is 13.2. The van der Waals surface area contributed by atoms with Gasteiger partial charge in [-0.1, -0.05) is 12.1 Å². The van der Waals surface area contributed by atoms with E-state index < -0.39 is 29.3 Å². The summed E-state index contributed by atoms with van der Waals surface area (Å²) in [5.41, 5.74) is 0.563. The summed E-state index contributed by atoms with van der Waals surface area (Å²) >= 11 is 0. The predicted octanol–water partition coefficient (Wildman–Crippen LogP) is 2.60. The number of aliphatic hydroxyl groups is 1. The van der Waals surface area contributed by atoms with Crippen LogP contribution < -0.4 is 0 Å². The van der Waals surface area contributed by atoms with Crippen molar-refractivity contribution < 1.29 is 28.9 Å². The highest BCUT2D eigenvalue weighted by atomic mass is 19.1. The third-order valence-electron chi connectivity index (χ3n) is 4.38. The molecule has 0 spiro atoms. The standard InChI is InChI=1S/C20H18FNO5/c1-27-10-9-22-17(13-3-2-4-15(23)11-13)16(19(25)20(22)26)18(24)12-5-7-14(21)8-6-12/h2-8,11,17,23-24H,9-10H2,1H3/b18-16-. The van der Waals surface area contributed by atoms with Crippen molar-refractivity contribution in [2.24, 2.45) is 0 Å². The lowest BCUT2D eigenvalue weighted by atomic mass is 9.95. The van der Waals surface area contributed by atoms with Crippen LogP contribution in [-0.2, 0) is 14.3 Å². The Hall–Kier alpha value is -3.19. The summed E-state index contributed by atoms with van der Waals surface area (Å²) in [6.07, 6.45) is 0. The van der Waals surface area contributed by atoms with E-state index in [0.29, 0.717) is 5.56 Å². The molecule has 0 bridgehead atoms. The fourth-order valence-corrected chi connectivity index (χ4v) is 3.10. The lowest BCUT2D eigenvalue weighted by molar-refractivity contribution is -0.140. The molecule has 0 saturated carbocycles. The van der Waals surface area contributed by atoms with E-state index >= 15 is 0 Å². The summed E-state index contributed by atoms with van der Waals surface area (Å²) in [6.45, 7) is 0.320. The molecular formula is C20H18FNO5. The van der Waals surface area contributed by atoms with Crippen molar-refractivity contribution in [3.63, 3.8) is 0 Å². The van der Waals surface area contributed by atoms with Crippen molar-refractivity contribution in [3.8, 4) is 5.75 Å². The van der Waals surface area contributed by atoms with E-state index in [9.17, 15) is 24.2 Å². The quantitative estimate of drug-likeness (QED) is 0.479. The van der Waals surface area contributed by atoms with Crippen LogP contribution in [0.1, 0.15) is 17.2 Å². The van der Waals surface area contributed by atoms with Crippen LogP contribution in [0.3, 0.4) is 0 Å². The number of aliphatic hydroxyl groups excluding tert-OH is 1. The molecule has 1 heterocycles. The Labute approximate surface area is 155 Å². The second-order valence-electron chi connectivity index (χ2n) is 6.09. The third-order valence-corrected chi connectivity index (χ3v) is 4.38. The smallest absolute Gasteiger partial charge is 0.295 e. The lowest BCUT2D eigenvalue weighted by Gasteiger charge is -2.25. The molecule has 6 nitrogen and oxygen atoms in total. The fourth-order valence-electron chi connectivity index (χ4n) is 3.10. The summed E-state index contributed by atoms with van der Waals surface area (Å²) in [4.78, 5) is 26.5. The normalized spacial score (nSPS) is 18.9. The third kappa shape index (κ3) is 3.54. The van der Waals surface area contributed by atoms with Crippen molar-refractivity contribution in [1.82, 2.24) is 4.90 Å². The maximum Gasteiger partial charge on any atom is 0.295 e. The number of hydrogen-bond acceptors (Lipinski definition) is 5. The highest BCUT2D eigenvalue weighted by Crippen LogP contribution is 2.39. The zero-order valence-corrected chi connectivity index (χ0v) is 14.6. The number of rotatable bonds is 5. The number of hydrogen-bond donors (Lipinski definition) is 2. The van der Waals surface area contributed by atoms with Gasteiger partial charge in [0.15, 0.2) is 0 Å². The minimum atomic E-state index is -0.891. The monoisotopic (exact) mass is 371 g/mol. The Balaban J connectivity index is 2.16. The van der Waals surface area contributed by atoms with Gasteiger partial charge in [0, 0.05) is 19.2 Å². The molecule has 0 aromatic heterocycles. The molecule has 1 amide bonds. The van der Waals surface area contributed by atoms with Gasteiger partial charge in [0.2, 0.25) is 0 Å². The van der Waals surface area contributed by atoms with Gasteiger partial charge in [0.25, 0.3) is 11.7 Å². The van der Waals surface area contributed by atoms with E-state index in [1.165, 1.54) is 36.3 Å². The molecule has 1 saturated heterocycles. The second kappa shape index (κ2) is 7.59. The number of halogens is 1. The number of ketones is 1. The number of Topliss-reactive ketones (excluding diaryl/α,β-unsaturated/α-hetero) is 1. The van der Waals surface area contributed by atoms with Gasteiger partial charge in [0.1, 0.15) is 17.3 Å². The number of likely N-dealkylation sites (tertiary alicyclic amines) is 1. The van der Waals surface area contributed by atoms with Gasteiger partial charge < -0.3 is 19.8 Å². The minimum absolute atomic E-state index is 0.0355. The van der Waals surface area contributed by atoms with Crippen LogP contribution in [0.2, 0.25) is 0 Å². The topological polar surface area (TPSA) is 87.1 Å². The van der Waals surface area contributed by atoms with E-state index in [1.807, 2.05) is 0 Å². The molecule has 7 heteroatoms. The first kappa shape index (κ1) is 18.6. The van der Waals surface area contributed by atoms with Gasteiger partial charge in [-0.15, -0.1) is 0 Å². The zero-order valence-electron chi connectivity index (χ0n) is 14.6. The van der Waals surface area contributed by atoms with E-state index in [0.717, 1.165) is 12.1 Å². The number of methoxy groups -OCH3 is 1. The Bertz CT molecular complexity index is 907. The van der Waals surface area contributed by atoms with Gasteiger partial charge in [-0.25, -0.2) is 4.39 Å². The number of carbonyl (C=O) groups is 2. The predicted molar refractivity (Wildman–Crippen MR) is 95.4 cm³/mol. The molecule has 1 atom stereocenters. The van der Waals surface area contributed by atoms with Gasteiger partial charge in [-0.2, -0.15) is 0 Å². The van der Waals surface area contributed by atoms with Crippen LogP contribution in [0.15, 0.2) is 54.1 Å². The van der Waals surface area contributed by atoms with Crippen molar-refractivity contribution in [1.29, 1.82) is 0 Å². The first-order chi connectivity index (χ1) is 12.9. The van der Waals surface area contributed by atoms with E-state index in [4.69, 9.17) is 4.74 Å². The van der Waals surface area contributed by atoms with Gasteiger partial charge in [-0.05, 0) is 42.0 Å². The van der Waals surface area contributed by atoms with Crippen LogP contribution in [0, 0.1) is 5.82 Å². The number of phenolic OH excluding ortho intramolecular Hbond substituents is 1. The Kier molecular flexibility index (Phi) is 5.23. The second-order valence-corrected chi connectivity index (χ2v) is 6.09. The SMILES string of the molecule is COCCN1C(=O)C(=O)/C(=C(\O)c2ccc(F)cc2)C1c1cccc(O)c1. The Morgan fingerprint density at radius 3 is 2.52 bits per heavy atom. The number of phenols is 1. The summed E-state index contributed by atoms with van der Waals surface area (Å²) in [6, 6.07) is 10.2. The lowest BCUT2D eigenvalue weighted by Crippen LogP contribution is -2.32. The molecule has 2 aromatic rings. The average Bonchev–Trinajstić information content (AvgIpc) is 2.91. The molecule has 0 aliphatic carbocycles. The van der Waals surface area contributed by atoms with Crippen molar-refractivity contribution in [3.05, 3.63) is 71.0 Å². The zero-order chi connectivity index (χ0) is 19.6. The minimum Gasteiger partial charge on any atom is -0.508 e. The molecule has 140 valence electrons. The summed E-state index contributed by atoms with van der Waals surface area (Å²) in [5, 5.41) is 20.5. The number of carbonyl (C=O) groups excluding carboxylic acids is 2. The van der Waals surface area contributed by atoms with Crippen LogP contribution in [0.25, 0.3) is 5.76 Å². The number of benzene rings is 2. The van der Waals surface area contributed by atoms with E-state index in [1.54, 1.807) is 12.1 Å². The highest BCUT2D eigenvalue weighted by molar-refractivity contribution is 6.46. The van der Waals surface area contributed by atoms with Crippen molar-refractivity contribution >= 4 is 17.4 Å². The molecule has 3 rings (SSSR count). The van der Waals surface area contributed by atoms with E-state index in [2.05, 4.69) is 0 Å². The largest absolute Gasteiger partial charge is 0.508 e. The van der Waals surface area contributed by atoms with Crippen LogP contribution >= 0.6 is 0 Å². The molecule has 27 heavy (non-hydrogen) atoms. The number of aromatic hydroxyl groups is 1. The molecule has 1 aliphatic heterocycles. The molecule has 2 N–H and O–H groups in total. The van der Waals surface area contributed by atoms with E-state index in [-0.39, 0.29) is 30.0 Å². The first-order valence-electron chi connectivity index (χ1n) is 8.26. The first-order valence-corrected chi connectivity index (χ1v) is 8.26. The molecule has 2 aromatic carbocycles. The van der Waals surface area contributed by atoms with Gasteiger partial charge in [0.05, 0.1) is 18.2 Å². The fraction of sp³-hybridized carbons (Fsp3) is 0.200. The van der Waals surface area contributed by atoms with Crippen molar-refractivity contribution in [2.45, 2.75) is 6.04 Å². The summed E-state index contributed by atoms with van der Waals surface area (Å²) in [7, 11) is 1.47. The molecule has 1 aliphatic rings. The van der Waals surface area contributed by atoms with Crippen LogP contribution in [0.4, 0.5) is 4.39 Å². The number of amides is 1. The molecule has 1 fully saturated rings. The molecular weight excluding hydrogens is 353 g/mol. The van der Waals surface area contributed by atoms with Crippen LogP contribution in [0.5, 0.6) is 5.75 Å². The highest BCUT2D eigenvalue weighted by Gasteiger charge is 2.45. The summed E-state index contributed by atoms with van der Waals surface area (Å²) < 4.78 is 18.2. The van der Waals surface area contributed by atoms with Gasteiger partial charge >= 0.3 is 0 Å².